The van der Waals surface area contributed by atoms with Crippen LogP contribution in [0.25, 0.3) is 0 Å². The molecule has 1 amide bonds. The predicted octanol–water partition coefficient (Wildman–Crippen LogP) is 5.02. The zero-order chi connectivity index (χ0) is 16.1. The number of hydrogen-bond acceptors (Lipinski definition) is 2. The summed E-state index contributed by atoms with van der Waals surface area (Å²) in [7, 11) is 0. The Kier molecular flexibility index (Phi) is 5.69. The van der Waals surface area contributed by atoms with Gasteiger partial charge in [-0.3, -0.25) is 4.79 Å². The van der Waals surface area contributed by atoms with Gasteiger partial charge < -0.3 is 10.1 Å². The van der Waals surface area contributed by atoms with Crippen LogP contribution in [0.2, 0.25) is 10.0 Å². The molecule has 3 nitrogen and oxygen atoms in total. The van der Waals surface area contributed by atoms with Crippen molar-refractivity contribution in [2.45, 2.75) is 20.3 Å². The first kappa shape index (κ1) is 16.7. The summed E-state index contributed by atoms with van der Waals surface area (Å²) in [6.07, 6.45) is 0.217. The Morgan fingerprint density at radius 2 is 1.86 bits per heavy atom. The van der Waals surface area contributed by atoms with Crippen LogP contribution in [0.4, 0.5) is 5.69 Å². The van der Waals surface area contributed by atoms with Crippen molar-refractivity contribution in [2.24, 2.45) is 0 Å². The maximum atomic E-state index is 12.0. The van der Waals surface area contributed by atoms with E-state index in [4.69, 9.17) is 27.9 Å². The van der Waals surface area contributed by atoms with Gasteiger partial charge in [0.05, 0.1) is 28.8 Å². The quantitative estimate of drug-likeness (QED) is 0.831. The van der Waals surface area contributed by atoms with Crippen molar-refractivity contribution in [1.29, 1.82) is 0 Å². The van der Waals surface area contributed by atoms with Crippen molar-refractivity contribution in [2.75, 3.05) is 11.9 Å². The minimum Gasteiger partial charge on any atom is -0.491 e. The van der Waals surface area contributed by atoms with Crippen molar-refractivity contribution >= 4 is 34.8 Å². The van der Waals surface area contributed by atoms with Gasteiger partial charge in [-0.2, -0.15) is 0 Å². The highest BCUT2D eigenvalue weighted by molar-refractivity contribution is 6.34. The minimum absolute atomic E-state index is 0.152. The van der Waals surface area contributed by atoms with Crippen molar-refractivity contribution in [1.82, 2.24) is 0 Å². The molecular formula is C17H17Cl2NO2. The van der Waals surface area contributed by atoms with E-state index in [2.05, 4.69) is 5.32 Å². The number of para-hydroxylation sites is 1. The van der Waals surface area contributed by atoms with Gasteiger partial charge in [0.25, 0.3) is 0 Å². The summed E-state index contributed by atoms with van der Waals surface area (Å²) in [5, 5.41) is 3.89. The second-order valence-electron chi connectivity index (χ2n) is 5.02. The fourth-order valence-corrected chi connectivity index (χ4v) is 2.65. The van der Waals surface area contributed by atoms with E-state index in [9.17, 15) is 4.79 Å². The zero-order valence-corrected chi connectivity index (χ0v) is 14.0. The van der Waals surface area contributed by atoms with Gasteiger partial charge in [-0.1, -0.05) is 41.4 Å². The van der Waals surface area contributed by atoms with E-state index in [1.54, 1.807) is 12.1 Å². The average molecular weight is 338 g/mol. The molecule has 0 fully saturated rings. The molecule has 0 aliphatic carbocycles. The summed E-state index contributed by atoms with van der Waals surface area (Å²) in [6, 6.07) is 11.0. The number of aryl methyl sites for hydroxylation is 2. The topological polar surface area (TPSA) is 38.3 Å². The number of amides is 1. The summed E-state index contributed by atoms with van der Waals surface area (Å²) in [4.78, 5) is 12.0. The van der Waals surface area contributed by atoms with Gasteiger partial charge in [0, 0.05) is 0 Å². The Bertz CT molecular complexity index is 663. The second-order valence-corrected chi connectivity index (χ2v) is 5.83. The van der Waals surface area contributed by atoms with Crippen LogP contribution < -0.4 is 10.1 Å². The smallest absolute Gasteiger partial charge is 0.227 e. The molecule has 22 heavy (non-hydrogen) atoms. The fourth-order valence-electron chi connectivity index (χ4n) is 2.09. The molecule has 0 saturated heterocycles. The molecule has 0 aliphatic heterocycles. The molecule has 0 radical (unpaired) electrons. The number of carbonyl (C=O) groups excluding carboxylic acids is 1. The molecule has 0 heterocycles. The molecule has 1 N–H and O–H groups in total. The van der Waals surface area contributed by atoms with Gasteiger partial charge in [0.15, 0.2) is 0 Å². The molecule has 0 spiro atoms. The second kappa shape index (κ2) is 7.52. The standard InChI is InChI=1S/C17H17Cl2NO2/c1-11-9-12(2)17(14(19)10-11)20-16(21)7-8-22-15-6-4-3-5-13(15)18/h3-6,9-10H,7-8H2,1-2H3,(H,20,21). The average Bonchev–Trinajstić information content (AvgIpc) is 2.45. The fraction of sp³-hybridized carbons (Fsp3) is 0.235. The third-order valence-corrected chi connectivity index (χ3v) is 3.73. The maximum absolute atomic E-state index is 12.0. The van der Waals surface area contributed by atoms with Crippen molar-refractivity contribution < 1.29 is 9.53 Å². The Balaban J connectivity index is 1.90. The number of ether oxygens (including phenoxy) is 1. The van der Waals surface area contributed by atoms with E-state index in [0.29, 0.717) is 21.5 Å². The molecule has 0 saturated carbocycles. The van der Waals surface area contributed by atoms with Crippen LogP contribution in [-0.2, 0) is 4.79 Å². The molecule has 2 aromatic carbocycles. The van der Waals surface area contributed by atoms with Crippen molar-refractivity contribution in [3.05, 3.63) is 57.6 Å². The van der Waals surface area contributed by atoms with E-state index < -0.39 is 0 Å². The molecule has 0 atom stereocenters. The molecular weight excluding hydrogens is 321 g/mol. The highest BCUT2D eigenvalue weighted by Crippen LogP contribution is 2.27. The number of hydrogen-bond donors (Lipinski definition) is 1. The van der Waals surface area contributed by atoms with Crippen LogP contribution >= 0.6 is 23.2 Å². The molecule has 0 unspecified atom stereocenters. The Morgan fingerprint density at radius 3 is 2.55 bits per heavy atom. The molecule has 0 bridgehead atoms. The van der Waals surface area contributed by atoms with E-state index in [-0.39, 0.29) is 18.9 Å². The van der Waals surface area contributed by atoms with Crippen LogP contribution in [0.3, 0.4) is 0 Å². The monoisotopic (exact) mass is 337 g/mol. The maximum Gasteiger partial charge on any atom is 0.227 e. The van der Waals surface area contributed by atoms with E-state index in [1.165, 1.54) is 0 Å². The number of nitrogens with one attached hydrogen (secondary N) is 1. The summed E-state index contributed by atoms with van der Waals surface area (Å²) >= 11 is 12.1. The van der Waals surface area contributed by atoms with Crippen LogP contribution in [0.5, 0.6) is 5.75 Å². The van der Waals surface area contributed by atoms with Crippen LogP contribution in [-0.4, -0.2) is 12.5 Å². The number of carbonyl (C=O) groups is 1. The molecule has 0 aromatic heterocycles. The molecule has 2 rings (SSSR count). The Hall–Kier alpha value is -1.71. The van der Waals surface area contributed by atoms with Gasteiger partial charge in [-0.05, 0) is 43.2 Å². The highest BCUT2D eigenvalue weighted by atomic mass is 35.5. The third kappa shape index (κ3) is 4.39. The Labute approximate surface area is 140 Å². The van der Waals surface area contributed by atoms with Gasteiger partial charge >= 0.3 is 0 Å². The summed E-state index contributed by atoms with van der Waals surface area (Å²) < 4.78 is 5.50. The van der Waals surface area contributed by atoms with Crippen molar-refractivity contribution in [3.8, 4) is 5.75 Å². The van der Waals surface area contributed by atoms with Gasteiger partial charge in [-0.25, -0.2) is 0 Å². The lowest BCUT2D eigenvalue weighted by atomic mass is 10.1. The number of rotatable bonds is 5. The van der Waals surface area contributed by atoms with E-state index >= 15 is 0 Å². The van der Waals surface area contributed by atoms with Gasteiger partial charge in [-0.15, -0.1) is 0 Å². The third-order valence-electron chi connectivity index (χ3n) is 3.12. The first-order valence-electron chi connectivity index (χ1n) is 6.91. The predicted molar refractivity (Wildman–Crippen MR) is 91.1 cm³/mol. The summed E-state index contributed by atoms with van der Waals surface area (Å²) in [5.74, 6) is 0.419. The van der Waals surface area contributed by atoms with Crippen LogP contribution in [0, 0.1) is 13.8 Å². The van der Waals surface area contributed by atoms with Gasteiger partial charge in [0.2, 0.25) is 5.91 Å². The first-order chi connectivity index (χ1) is 10.5. The highest BCUT2D eigenvalue weighted by Gasteiger charge is 2.10. The lowest BCUT2D eigenvalue weighted by Crippen LogP contribution is -2.16. The lowest BCUT2D eigenvalue weighted by molar-refractivity contribution is -0.116. The molecule has 116 valence electrons. The zero-order valence-electron chi connectivity index (χ0n) is 12.5. The summed E-state index contributed by atoms with van der Waals surface area (Å²) in [5.41, 5.74) is 2.64. The SMILES string of the molecule is Cc1cc(C)c(NC(=O)CCOc2ccccc2Cl)c(Cl)c1. The van der Waals surface area contributed by atoms with Gasteiger partial charge in [0.1, 0.15) is 5.75 Å². The molecule has 5 heteroatoms. The number of halogens is 2. The number of benzene rings is 2. The minimum atomic E-state index is -0.152. The molecule has 0 aliphatic rings. The molecule has 2 aromatic rings. The largest absolute Gasteiger partial charge is 0.491 e. The van der Waals surface area contributed by atoms with Crippen LogP contribution in [0.1, 0.15) is 17.5 Å². The van der Waals surface area contributed by atoms with E-state index in [0.717, 1.165) is 11.1 Å². The van der Waals surface area contributed by atoms with Crippen LogP contribution in [0.15, 0.2) is 36.4 Å². The normalized spacial score (nSPS) is 10.4. The Morgan fingerprint density at radius 1 is 1.14 bits per heavy atom. The first-order valence-corrected chi connectivity index (χ1v) is 7.67. The number of anilines is 1. The van der Waals surface area contributed by atoms with E-state index in [1.807, 2.05) is 38.1 Å². The van der Waals surface area contributed by atoms with Crippen molar-refractivity contribution in [3.63, 3.8) is 0 Å². The lowest BCUT2D eigenvalue weighted by Gasteiger charge is -2.12. The summed E-state index contributed by atoms with van der Waals surface area (Å²) in [6.45, 7) is 4.12.